The number of rotatable bonds is 9. The van der Waals surface area contributed by atoms with Gasteiger partial charge in [-0.1, -0.05) is 0 Å². The summed E-state index contributed by atoms with van der Waals surface area (Å²) in [6.07, 6.45) is 0.758. The van der Waals surface area contributed by atoms with Crippen LogP contribution in [0, 0.1) is 0 Å². The Morgan fingerprint density at radius 3 is 2.31 bits per heavy atom. The Balaban J connectivity index is 3.33. The summed E-state index contributed by atoms with van der Waals surface area (Å²) >= 11 is 1.76. The van der Waals surface area contributed by atoms with Gasteiger partial charge in [0.05, 0.1) is 0 Å². The lowest BCUT2D eigenvalue weighted by molar-refractivity contribution is -0.120. The molecule has 0 radical (unpaired) electrons. The fourth-order valence-corrected chi connectivity index (χ4v) is 1.75. The summed E-state index contributed by atoms with van der Waals surface area (Å²) < 4.78 is 10.7. The molecular weight excluding hydrogens is 188 g/mol. The van der Waals surface area contributed by atoms with Crippen molar-refractivity contribution < 1.29 is 14.6 Å². The van der Waals surface area contributed by atoms with Crippen LogP contribution in [0.25, 0.3) is 0 Å². The van der Waals surface area contributed by atoms with E-state index in [1.807, 2.05) is 13.8 Å². The fourth-order valence-electron chi connectivity index (χ4n) is 0.862. The summed E-state index contributed by atoms with van der Waals surface area (Å²) in [4.78, 5) is 0. The molecule has 4 heteroatoms. The van der Waals surface area contributed by atoms with Crippen LogP contribution in [0.2, 0.25) is 0 Å². The first-order valence-corrected chi connectivity index (χ1v) is 5.92. The van der Waals surface area contributed by atoms with Crippen LogP contribution >= 0.6 is 11.8 Å². The van der Waals surface area contributed by atoms with E-state index in [-0.39, 0.29) is 12.9 Å². The molecule has 0 spiro atoms. The lowest BCUT2D eigenvalue weighted by atomic mass is 10.5. The van der Waals surface area contributed by atoms with Crippen molar-refractivity contribution in [3.05, 3.63) is 0 Å². The van der Waals surface area contributed by atoms with Gasteiger partial charge >= 0.3 is 0 Å². The van der Waals surface area contributed by atoms with Crippen LogP contribution in [-0.4, -0.2) is 42.7 Å². The third kappa shape index (κ3) is 8.56. The molecule has 0 saturated heterocycles. The van der Waals surface area contributed by atoms with Crippen LogP contribution in [0.5, 0.6) is 0 Å². The molecule has 0 fully saturated rings. The minimum atomic E-state index is -0.0845. The first kappa shape index (κ1) is 13.2. The quantitative estimate of drug-likeness (QED) is 0.460. The monoisotopic (exact) mass is 208 g/mol. The molecule has 80 valence electrons. The maximum Gasteiger partial charge on any atom is 0.166 e. The van der Waals surface area contributed by atoms with Crippen molar-refractivity contribution in [2.75, 3.05) is 31.3 Å². The molecule has 0 aliphatic carbocycles. The van der Waals surface area contributed by atoms with Gasteiger partial charge in [0.1, 0.15) is 0 Å². The Kier molecular flexibility index (Phi) is 10.5. The van der Waals surface area contributed by atoms with Gasteiger partial charge in [-0.2, -0.15) is 11.8 Å². The van der Waals surface area contributed by atoms with E-state index in [9.17, 15) is 0 Å². The van der Waals surface area contributed by atoms with Gasteiger partial charge in [0, 0.05) is 25.6 Å². The van der Waals surface area contributed by atoms with Crippen molar-refractivity contribution in [3.8, 4) is 0 Å². The van der Waals surface area contributed by atoms with E-state index in [0.717, 1.165) is 17.9 Å². The van der Waals surface area contributed by atoms with Crippen molar-refractivity contribution >= 4 is 11.8 Å². The van der Waals surface area contributed by atoms with Crippen LogP contribution in [-0.2, 0) is 9.47 Å². The van der Waals surface area contributed by atoms with E-state index in [4.69, 9.17) is 14.6 Å². The predicted molar refractivity (Wildman–Crippen MR) is 56.1 cm³/mol. The predicted octanol–water partition coefficient (Wildman–Crippen LogP) is 1.50. The zero-order valence-corrected chi connectivity index (χ0v) is 9.31. The van der Waals surface area contributed by atoms with E-state index >= 15 is 0 Å². The molecule has 1 N–H and O–H groups in total. The summed E-state index contributed by atoms with van der Waals surface area (Å²) in [6, 6.07) is 0. The molecule has 13 heavy (non-hydrogen) atoms. The zero-order valence-electron chi connectivity index (χ0n) is 8.49. The van der Waals surface area contributed by atoms with Crippen molar-refractivity contribution in [2.45, 2.75) is 26.6 Å². The molecule has 0 unspecified atom stereocenters. The minimum absolute atomic E-state index is 0.0845. The van der Waals surface area contributed by atoms with Crippen LogP contribution in [0.3, 0.4) is 0 Å². The molecule has 0 aromatic rings. The second-order valence-electron chi connectivity index (χ2n) is 2.49. The standard InChI is InChI=1S/C9H20O3S/c1-3-11-9(12-4-2)8-13-7-5-6-10/h9-10H,3-8H2,1-2H3. The smallest absolute Gasteiger partial charge is 0.166 e. The van der Waals surface area contributed by atoms with Crippen molar-refractivity contribution in [1.82, 2.24) is 0 Å². The van der Waals surface area contributed by atoms with Crippen molar-refractivity contribution in [2.24, 2.45) is 0 Å². The van der Waals surface area contributed by atoms with E-state index < -0.39 is 0 Å². The second-order valence-corrected chi connectivity index (χ2v) is 3.64. The van der Waals surface area contributed by atoms with Gasteiger partial charge in [-0.25, -0.2) is 0 Å². The number of aliphatic hydroxyl groups is 1. The topological polar surface area (TPSA) is 38.7 Å². The van der Waals surface area contributed by atoms with Gasteiger partial charge in [0.15, 0.2) is 6.29 Å². The average molecular weight is 208 g/mol. The highest BCUT2D eigenvalue weighted by atomic mass is 32.2. The van der Waals surface area contributed by atoms with E-state index in [1.54, 1.807) is 11.8 Å². The van der Waals surface area contributed by atoms with Crippen molar-refractivity contribution in [3.63, 3.8) is 0 Å². The molecule has 0 saturated carbocycles. The van der Waals surface area contributed by atoms with Gasteiger partial charge < -0.3 is 14.6 Å². The van der Waals surface area contributed by atoms with Gasteiger partial charge in [-0.15, -0.1) is 0 Å². The Hall–Kier alpha value is 0.230. The number of ether oxygens (including phenoxy) is 2. The van der Waals surface area contributed by atoms with Gasteiger partial charge in [0.2, 0.25) is 0 Å². The van der Waals surface area contributed by atoms with E-state index in [2.05, 4.69) is 0 Å². The normalized spacial score (nSPS) is 11.1. The molecule has 0 heterocycles. The van der Waals surface area contributed by atoms with Crippen LogP contribution in [0.15, 0.2) is 0 Å². The Labute approximate surface area is 84.8 Å². The maximum atomic E-state index is 8.56. The van der Waals surface area contributed by atoms with Crippen LogP contribution in [0.1, 0.15) is 20.3 Å². The lowest BCUT2D eigenvalue weighted by Gasteiger charge is -2.15. The van der Waals surface area contributed by atoms with Gasteiger partial charge in [0.25, 0.3) is 0 Å². The SMILES string of the molecule is CCOC(CSCCCO)OCC. The Morgan fingerprint density at radius 2 is 1.85 bits per heavy atom. The van der Waals surface area contributed by atoms with Crippen LogP contribution < -0.4 is 0 Å². The molecule has 0 aliphatic heterocycles. The lowest BCUT2D eigenvalue weighted by Crippen LogP contribution is -2.20. The zero-order chi connectivity index (χ0) is 9.94. The highest BCUT2D eigenvalue weighted by Gasteiger charge is 2.06. The molecule has 0 atom stereocenters. The first-order valence-electron chi connectivity index (χ1n) is 4.76. The highest BCUT2D eigenvalue weighted by molar-refractivity contribution is 7.99. The van der Waals surface area contributed by atoms with E-state index in [1.165, 1.54) is 0 Å². The summed E-state index contributed by atoms with van der Waals surface area (Å²) in [6.45, 7) is 5.56. The average Bonchev–Trinajstić information content (AvgIpc) is 2.13. The number of aliphatic hydroxyl groups excluding tert-OH is 1. The molecule has 0 amide bonds. The summed E-state index contributed by atoms with van der Waals surface area (Å²) in [5.41, 5.74) is 0. The third-order valence-electron chi connectivity index (χ3n) is 1.41. The molecule has 3 nitrogen and oxygen atoms in total. The molecule has 0 bridgehead atoms. The first-order chi connectivity index (χ1) is 6.35. The van der Waals surface area contributed by atoms with Gasteiger partial charge in [-0.3, -0.25) is 0 Å². The van der Waals surface area contributed by atoms with Gasteiger partial charge in [-0.05, 0) is 26.0 Å². The van der Waals surface area contributed by atoms with E-state index in [0.29, 0.717) is 13.2 Å². The molecule has 0 aromatic carbocycles. The number of thioether (sulfide) groups is 1. The highest BCUT2D eigenvalue weighted by Crippen LogP contribution is 2.08. The summed E-state index contributed by atoms with van der Waals surface area (Å²) in [7, 11) is 0. The fraction of sp³-hybridized carbons (Fsp3) is 1.00. The number of hydrogen-bond acceptors (Lipinski definition) is 4. The maximum absolute atomic E-state index is 8.56. The summed E-state index contributed by atoms with van der Waals surface area (Å²) in [5, 5.41) is 8.56. The number of hydrogen-bond donors (Lipinski definition) is 1. The molecule has 0 aliphatic rings. The minimum Gasteiger partial charge on any atom is -0.396 e. The second kappa shape index (κ2) is 10.3. The third-order valence-corrected chi connectivity index (χ3v) is 2.49. The molecule has 0 rings (SSSR count). The molecular formula is C9H20O3S. The van der Waals surface area contributed by atoms with Crippen molar-refractivity contribution in [1.29, 1.82) is 0 Å². The Morgan fingerprint density at radius 1 is 1.23 bits per heavy atom. The Bertz CT molecular complexity index is 94.9. The summed E-state index contributed by atoms with van der Waals surface area (Å²) in [5.74, 6) is 1.81. The molecule has 0 aromatic heterocycles. The largest absolute Gasteiger partial charge is 0.396 e. The van der Waals surface area contributed by atoms with Crippen LogP contribution in [0.4, 0.5) is 0 Å².